The number of benzene rings is 2. The lowest BCUT2D eigenvalue weighted by Crippen LogP contribution is -2.16. The van der Waals surface area contributed by atoms with E-state index >= 15 is 0 Å². The van der Waals surface area contributed by atoms with Crippen LogP contribution in [0.3, 0.4) is 0 Å². The Morgan fingerprint density at radius 3 is 3.00 bits per heavy atom. The average Bonchev–Trinajstić information content (AvgIpc) is 3.33. The summed E-state index contributed by atoms with van der Waals surface area (Å²) >= 11 is 0. The lowest BCUT2D eigenvalue weighted by atomic mass is 10.2. The minimum Gasteiger partial charge on any atom is -0.454 e. The van der Waals surface area contributed by atoms with Crippen LogP contribution in [-0.2, 0) is 13.0 Å². The summed E-state index contributed by atoms with van der Waals surface area (Å²) in [5, 5.41) is 11.4. The van der Waals surface area contributed by atoms with E-state index in [0.717, 1.165) is 35.8 Å². The van der Waals surface area contributed by atoms with Crippen LogP contribution in [0.5, 0.6) is 11.5 Å². The Morgan fingerprint density at radius 1 is 1.08 bits per heavy atom. The zero-order chi connectivity index (χ0) is 17.3. The minimum absolute atomic E-state index is 0.276. The number of aromatic nitrogens is 3. The van der Waals surface area contributed by atoms with Crippen molar-refractivity contribution in [2.24, 2.45) is 0 Å². The number of fused-ring (bicyclic) bond motifs is 2. The van der Waals surface area contributed by atoms with Crippen molar-refractivity contribution in [3.8, 4) is 11.5 Å². The molecule has 7 nitrogen and oxygen atoms in total. The van der Waals surface area contributed by atoms with Crippen LogP contribution in [0.25, 0.3) is 0 Å². The van der Waals surface area contributed by atoms with Gasteiger partial charge in [-0.25, -0.2) is 0 Å². The number of nitrogens with zero attached hydrogens (tertiary/aromatic N) is 4. The quantitative estimate of drug-likeness (QED) is 0.778. The molecule has 3 heterocycles. The molecular formula is C19H17N5O2. The van der Waals surface area contributed by atoms with E-state index in [1.807, 2.05) is 24.3 Å². The maximum atomic E-state index is 5.41. The first-order valence-electron chi connectivity index (χ1n) is 8.54. The SMILES string of the molecule is c1ccc2c(c1)CCN2c1cnnc(NCc2ccc3c(c2)OCO3)n1. The molecule has 0 fully saturated rings. The van der Waals surface area contributed by atoms with Gasteiger partial charge in [0.05, 0.1) is 6.20 Å². The minimum atomic E-state index is 0.276. The van der Waals surface area contributed by atoms with E-state index in [2.05, 4.69) is 43.6 Å². The van der Waals surface area contributed by atoms with Gasteiger partial charge in [0.2, 0.25) is 12.7 Å². The third kappa shape index (κ3) is 2.67. The van der Waals surface area contributed by atoms with Crippen molar-refractivity contribution in [2.75, 3.05) is 23.6 Å². The lowest BCUT2D eigenvalue weighted by molar-refractivity contribution is 0.174. The summed E-state index contributed by atoms with van der Waals surface area (Å²) in [7, 11) is 0. The lowest BCUT2D eigenvalue weighted by Gasteiger charge is -2.18. The first-order chi connectivity index (χ1) is 12.9. The van der Waals surface area contributed by atoms with Gasteiger partial charge in [-0.15, -0.1) is 5.10 Å². The number of ether oxygens (including phenoxy) is 2. The van der Waals surface area contributed by atoms with Crippen molar-refractivity contribution in [3.05, 3.63) is 59.8 Å². The number of anilines is 3. The first-order valence-corrected chi connectivity index (χ1v) is 8.54. The van der Waals surface area contributed by atoms with Gasteiger partial charge in [0.25, 0.3) is 0 Å². The van der Waals surface area contributed by atoms with Gasteiger partial charge in [-0.05, 0) is 35.7 Å². The molecule has 0 saturated heterocycles. The highest BCUT2D eigenvalue weighted by molar-refractivity contribution is 5.67. The van der Waals surface area contributed by atoms with E-state index in [9.17, 15) is 0 Å². The highest BCUT2D eigenvalue weighted by Crippen LogP contribution is 2.34. The molecule has 130 valence electrons. The predicted molar refractivity (Wildman–Crippen MR) is 96.9 cm³/mol. The Bertz CT molecular complexity index is 962. The zero-order valence-corrected chi connectivity index (χ0v) is 14.1. The molecule has 0 amide bonds. The third-order valence-corrected chi connectivity index (χ3v) is 4.60. The van der Waals surface area contributed by atoms with E-state index in [1.54, 1.807) is 6.20 Å². The molecule has 0 unspecified atom stereocenters. The predicted octanol–water partition coefficient (Wildman–Crippen LogP) is 2.91. The van der Waals surface area contributed by atoms with Crippen molar-refractivity contribution in [1.82, 2.24) is 15.2 Å². The summed E-state index contributed by atoms with van der Waals surface area (Å²) in [6, 6.07) is 14.3. The van der Waals surface area contributed by atoms with Gasteiger partial charge in [0, 0.05) is 18.8 Å². The fourth-order valence-corrected chi connectivity index (χ4v) is 3.31. The van der Waals surface area contributed by atoms with E-state index in [0.29, 0.717) is 12.5 Å². The number of hydrogen-bond acceptors (Lipinski definition) is 7. The molecule has 1 N–H and O–H groups in total. The molecule has 2 aromatic carbocycles. The Kier molecular flexibility index (Phi) is 3.55. The molecule has 0 bridgehead atoms. The van der Waals surface area contributed by atoms with Gasteiger partial charge >= 0.3 is 0 Å². The van der Waals surface area contributed by atoms with Gasteiger partial charge < -0.3 is 19.7 Å². The molecule has 5 rings (SSSR count). The molecule has 0 spiro atoms. The molecule has 7 heteroatoms. The van der Waals surface area contributed by atoms with Gasteiger partial charge in [0.1, 0.15) is 0 Å². The van der Waals surface area contributed by atoms with Crippen LogP contribution >= 0.6 is 0 Å². The van der Waals surface area contributed by atoms with Crippen LogP contribution in [0, 0.1) is 0 Å². The molecule has 3 aromatic rings. The second kappa shape index (κ2) is 6.18. The molecule has 2 aliphatic heterocycles. The van der Waals surface area contributed by atoms with Crippen molar-refractivity contribution in [2.45, 2.75) is 13.0 Å². The van der Waals surface area contributed by atoms with Crippen LogP contribution in [0.4, 0.5) is 17.5 Å². The Morgan fingerprint density at radius 2 is 2.00 bits per heavy atom. The molecular weight excluding hydrogens is 330 g/mol. The Balaban J connectivity index is 1.33. The molecule has 0 atom stereocenters. The van der Waals surface area contributed by atoms with Crippen molar-refractivity contribution in [3.63, 3.8) is 0 Å². The third-order valence-electron chi connectivity index (χ3n) is 4.60. The Hall–Kier alpha value is -3.35. The maximum Gasteiger partial charge on any atom is 0.244 e. The van der Waals surface area contributed by atoms with Crippen LogP contribution in [0.1, 0.15) is 11.1 Å². The average molecular weight is 347 g/mol. The highest BCUT2D eigenvalue weighted by Gasteiger charge is 2.21. The number of nitrogens with one attached hydrogen (secondary N) is 1. The summed E-state index contributed by atoms with van der Waals surface area (Å²) in [5.74, 6) is 2.86. The first kappa shape index (κ1) is 14.9. The summed E-state index contributed by atoms with van der Waals surface area (Å²) in [4.78, 5) is 6.80. The smallest absolute Gasteiger partial charge is 0.244 e. The number of rotatable bonds is 4. The molecule has 0 radical (unpaired) electrons. The van der Waals surface area contributed by atoms with Gasteiger partial charge in [-0.2, -0.15) is 10.1 Å². The number of para-hydroxylation sites is 1. The van der Waals surface area contributed by atoms with Crippen LogP contribution < -0.4 is 19.7 Å². The largest absolute Gasteiger partial charge is 0.454 e. The van der Waals surface area contributed by atoms with E-state index in [-0.39, 0.29) is 6.79 Å². The fourth-order valence-electron chi connectivity index (χ4n) is 3.31. The number of hydrogen-bond donors (Lipinski definition) is 1. The monoisotopic (exact) mass is 347 g/mol. The Labute approximate surface area is 150 Å². The van der Waals surface area contributed by atoms with Crippen LogP contribution in [-0.4, -0.2) is 28.5 Å². The standard InChI is InChI=1S/C19H17N5O2/c1-2-4-15-14(3-1)7-8-24(15)18-11-21-23-19(22-18)20-10-13-5-6-16-17(9-13)26-12-25-16/h1-6,9,11H,7-8,10,12H2,(H,20,22,23). The van der Waals surface area contributed by atoms with Gasteiger partial charge in [0.15, 0.2) is 17.3 Å². The summed E-state index contributed by atoms with van der Waals surface area (Å²) in [5.41, 5.74) is 3.59. The summed E-state index contributed by atoms with van der Waals surface area (Å²) in [6.45, 7) is 1.76. The summed E-state index contributed by atoms with van der Waals surface area (Å²) < 4.78 is 10.7. The van der Waals surface area contributed by atoms with E-state index in [1.165, 1.54) is 11.3 Å². The van der Waals surface area contributed by atoms with Crippen molar-refractivity contribution < 1.29 is 9.47 Å². The molecule has 1 aromatic heterocycles. The normalized spacial score (nSPS) is 14.4. The summed E-state index contributed by atoms with van der Waals surface area (Å²) in [6.07, 6.45) is 2.72. The van der Waals surface area contributed by atoms with Gasteiger partial charge in [-0.3, -0.25) is 0 Å². The van der Waals surface area contributed by atoms with E-state index < -0.39 is 0 Å². The van der Waals surface area contributed by atoms with E-state index in [4.69, 9.17) is 9.47 Å². The molecule has 26 heavy (non-hydrogen) atoms. The topological polar surface area (TPSA) is 72.4 Å². The van der Waals surface area contributed by atoms with Gasteiger partial charge in [-0.1, -0.05) is 24.3 Å². The second-order valence-electron chi connectivity index (χ2n) is 6.21. The second-order valence-corrected chi connectivity index (χ2v) is 6.21. The van der Waals surface area contributed by atoms with Crippen molar-refractivity contribution >= 4 is 17.5 Å². The zero-order valence-electron chi connectivity index (χ0n) is 14.1. The molecule has 2 aliphatic rings. The molecule has 0 saturated carbocycles. The van der Waals surface area contributed by atoms with Crippen LogP contribution in [0.2, 0.25) is 0 Å². The highest BCUT2D eigenvalue weighted by atomic mass is 16.7. The van der Waals surface area contributed by atoms with Crippen LogP contribution in [0.15, 0.2) is 48.7 Å². The fraction of sp³-hybridized carbons (Fsp3) is 0.211. The molecule has 0 aliphatic carbocycles. The van der Waals surface area contributed by atoms with Crippen molar-refractivity contribution in [1.29, 1.82) is 0 Å². The maximum absolute atomic E-state index is 5.41.